The van der Waals surface area contributed by atoms with Crippen LogP contribution in [0.1, 0.15) is 29.8 Å². The number of halogens is 1. The van der Waals surface area contributed by atoms with E-state index in [4.69, 9.17) is 16.3 Å². The highest BCUT2D eigenvalue weighted by Gasteiger charge is 2.28. The Balaban J connectivity index is 2.13. The van der Waals surface area contributed by atoms with Crippen molar-refractivity contribution >= 4 is 17.4 Å². The molecule has 1 fully saturated rings. The number of ketones is 1. The highest BCUT2D eigenvalue weighted by molar-refractivity contribution is 6.33. The predicted molar refractivity (Wildman–Crippen MR) is 73.7 cm³/mol. The minimum absolute atomic E-state index is 0.0408. The van der Waals surface area contributed by atoms with E-state index in [0.717, 1.165) is 25.8 Å². The van der Waals surface area contributed by atoms with E-state index in [1.54, 1.807) is 4.68 Å². The Labute approximate surface area is 118 Å². The van der Waals surface area contributed by atoms with E-state index in [1.807, 2.05) is 19.0 Å². The summed E-state index contributed by atoms with van der Waals surface area (Å²) in [6, 6.07) is 0. The minimum atomic E-state index is -0.360. The maximum absolute atomic E-state index is 12.5. The molecule has 0 aliphatic carbocycles. The Bertz CT molecular complexity index is 439. The van der Waals surface area contributed by atoms with Crippen molar-refractivity contribution in [1.82, 2.24) is 14.7 Å². The van der Waals surface area contributed by atoms with Crippen LogP contribution in [-0.2, 0) is 11.3 Å². The van der Waals surface area contributed by atoms with E-state index in [1.165, 1.54) is 6.20 Å². The summed E-state index contributed by atoms with van der Waals surface area (Å²) < 4.78 is 7.22. The van der Waals surface area contributed by atoms with Gasteiger partial charge in [0.15, 0.2) is 0 Å². The normalized spacial score (nSPS) is 19.9. The summed E-state index contributed by atoms with van der Waals surface area (Å²) in [6.07, 6.45) is 4.00. The summed E-state index contributed by atoms with van der Waals surface area (Å²) in [5, 5.41) is 4.60. The Morgan fingerprint density at radius 3 is 3.00 bits per heavy atom. The molecule has 19 heavy (non-hydrogen) atoms. The van der Waals surface area contributed by atoms with Gasteiger partial charge in [0.1, 0.15) is 11.8 Å². The Morgan fingerprint density at radius 2 is 2.37 bits per heavy atom. The van der Waals surface area contributed by atoms with E-state index < -0.39 is 0 Å². The van der Waals surface area contributed by atoms with E-state index in [-0.39, 0.29) is 11.9 Å². The van der Waals surface area contributed by atoms with Crippen LogP contribution in [0.5, 0.6) is 0 Å². The molecule has 1 aliphatic rings. The monoisotopic (exact) mass is 285 g/mol. The van der Waals surface area contributed by atoms with Crippen LogP contribution in [-0.4, -0.2) is 53.8 Å². The quantitative estimate of drug-likeness (QED) is 0.775. The van der Waals surface area contributed by atoms with Crippen LogP contribution in [0, 0.1) is 0 Å². The number of likely N-dealkylation sites (N-methyl/N-ethyl adjacent to an activating group) is 1. The second-order valence-electron chi connectivity index (χ2n) is 5.09. The van der Waals surface area contributed by atoms with E-state index in [9.17, 15) is 4.79 Å². The molecule has 0 spiro atoms. The second-order valence-corrected chi connectivity index (χ2v) is 5.49. The molecule has 0 radical (unpaired) electrons. The van der Waals surface area contributed by atoms with Gasteiger partial charge < -0.3 is 9.64 Å². The topological polar surface area (TPSA) is 47.4 Å². The summed E-state index contributed by atoms with van der Waals surface area (Å²) in [5.74, 6) is -0.0408. The van der Waals surface area contributed by atoms with Gasteiger partial charge in [-0.15, -0.1) is 0 Å². The van der Waals surface area contributed by atoms with E-state index in [0.29, 0.717) is 23.9 Å². The number of ether oxygens (including phenoxy) is 1. The standard InChI is InChI=1S/C13H20ClN3O2/c1-16(2)6-7-17-12(10(14)9-15-17)13(18)11-5-3-4-8-19-11/h9,11H,3-8H2,1-2H3. The number of aromatic nitrogens is 2. The zero-order valence-corrected chi connectivity index (χ0v) is 12.2. The van der Waals surface area contributed by atoms with Crippen molar-refractivity contribution in [2.75, 3.05) is 27.2 Å². The molecule has 0 N–H and O–H groups in total. The van der Waals surface area contributed by atoms with Gasteiger partial charge in [0.05, 0.1) is 17.8 Å². The maximum atomic E-state index is 12.5. The van der Waals surface area contributed by atoms with Crippen molar-refractivity contribution in [1.29, 1.82) is 0 Å². The van der Waals surface area contributed by atoms with Crippen molar-refractivity contribution in [3.05, 3.63) is 16.9 Å². The van der Waals surface area contributed by atoms with E-state index in [2.05, 4.69) is 5.10 Å². The summed E-state index contributed by atoms with van der Waals surface area (Å²) in [6.45, 7) is 2.11. The van der Waals surface area contributed by atoms with Crippen molar-refractivity contribution in [2.24, 2.45) is 0 Å². The van der Waals surface area contributed by atoms with Crippen LogP contribution < -0.4 is 0 Å². The Hall–Kier alpha value is -0.910. The number of carbonyl (C=O) groups excluding carboxylic acids is 1. The largest absolute Gasteiger partial charge is 0.370 e. The first-order valence-corrected chi connectivity index (χ1v) is 6.99. The van der Waals surface area contributed by atoms with Crippen LogP contribution in [0.15, 0.2) is 6.20 Å². The van der Waals surface area contributed by atoms with Gasteiger partial charge in [0.2, 0.25) is 5.78 Å². The fourth-order valence-corrected chi connectivity index (χ4v) is 2.41. The van der Waals surface area contributed by atoms with Crippen LogP contribution in [0.3, 0.4) is 0 Å². The van der Waals surface area contributed by atoms with Crippen molar-refractivity contribution in [2.45, 2.75) is 31.9 Å². The van der Waals surface area contributed by atoms with Crippen LogP contribution in [0.4, 0.5) is 0 Å². The lowest BCUT2D eigenvalue weighted by Gasteiger charge is -2.22. The number of hydrogen-bond acceptors (Lipinski definition) is 4. The molecule has 5 nitrogen and oxygen atoms in total. The van der Waals surface area contributed by atoms with Crippen molar-refractivity contribution in [3.8, 4) is 0 Å². The molecule has 0 saturated carbocycles. The fraction of sp³-hybridized carbons (Fsp3) is 0.692. The van der Waals surface area contributed by atoms with Gasteiger partial charge in [0, 0.05) is 13.2 Å². The first-order chi connectivity index (χ1) is 9.09. The van der Waals surface area contributed by atoms with E-state index >= 15 is 0 Å². The third-order valence-corrected chi connectivity index (χ3v) is 3.54. The molecule has 2 heterocycles. The van der Waals surface area contributed by atoms with Gasteiger partial charge in [-0.2, -0.15) is 5.10 Å². The van der Waals surface area contributed by atoms with Crippen molar-refractivity contribution in [3.63, 3.8) is 0 Å². The van der Waals surface area contributed by atoms with Gasteiger partial charge in [0.25, 0.3) is 0 Å². The number of hydrogen-bond donors (Lipinski definition) is 0. The molecule has 0 amide bonds. The number of carbonyl (C=O) groups is 1. The number of Topliss-reactive ketones (excluding diaryl/α,β-unsaturated/α-hetero) is 1. The van der Waals surface area contributed by atoms with Crippen LogP contribution in [0.25, 0.3) is 0 Å². The molecular weight excluding hydrogens is 266 g/mol. The fourth-order valence-electron chi connectivity index (χ4n) is 2.17. The van der Waals surface area contributed by atoms with Crippen molar-refractivity contribution < 1.29 is 9.53 Å². The SMILES string of the molecule is CN(C)CCn1ncc(Cl)c1C(=O)C1CCCCO1. The highest BCUT2D eigenvalue weighted by Crippen LogP contribution is 2.22. The van der Waals surface area contributed by atoms with Crippen LogP contribution >= 0.6 is 11.6 Å². The third-order valence-electron chi connectivity index (χ3n) is 3.26. The molecule has 6 heteroatoms. The first kappa shape index (κ1) is 14.5. The third kappa shape index (κ3) is 3.55. The Kier molecular flexibility index (Phi) is 4.96. The lowest BCUT2D eigenvalue weighted by atomic mass is 10.0. The van der Waals surface area contributed by atoms with Gasteiger partial charge in [-0.25, -0.2) is 0 Å². The zero-order chi connectivity index (χ0) is 13.8. The average Bonchev–Trinajstić information content (AvgIpc) is 2.78. The van der Waals surface area contributed by atoms with Crippen LogP contribution in [0.2, 0.25) is 5.02 Å². The molecular formula is C13H20ClN3O2. The van der Waals surface area contributed by atoms with Gasteiger partial charge in [-0.05, 0) is 33.4 Å². The predicted octanol–water partition coefficient (Wildman–Crippen LogP) is 1.85. The summed E-state index contributed by atoms with van der Waals surface area (Å²) in [4.78, 5) is 14.5. The molecule has 1 aromatic rings. The molecule has 0 bridgehead atoms. The summed E-state index contributed by atoms with van der Waals surface area (Å²) >= 11 is 6.10. The lowest BCUT2D eigenvalue weighted by Crippen LogP contribution is -2.31. The molecule has 1 atom stereocenters. The molecule has 1 saturated heterocycles. The second kappa shape index (κ2) is 6.50. The van der Waals surface area contributed by atoms with Gasteiger partial charge >= 0.3 is 0 Å². The summed E-state index contributed by atoms with van der Waals surface area (Å²) in [5.41, 5.74) is 0.482. The first-order valence-electron chi connectivity index (χ1n) is 6.61. The molecule has 1 aliphatic heterocycles. The number of rotatable bonds is 5. The molecule has 106 valence electrons. The maximum Gasteiger partial charge on any atom is 0.211 e. The Morgan fingerprint density at radius 1 is 1.58 bits per heavy atom. The molecule has 1 aromatic heterocycles. The lowest BCUT2D eigenvalue weighted by molar-refractivity contribution is 0.0179. The molecule has 1 unspecified atom stereocenters. The minimum Gasteiger partial charge on any atom is -0.370 e. The summed E-state index contributed by atoms with van der Waals surface area (Å²) in [7, 11) is 3.97. The molecule has 2 rings (SSSR count). The smallest absolute Gasteiger partial charge is 0.211 e. The zero-order valence-electron chi connectivity index (χ0n) is 11.4. The molecule has 0 aromatic carbocycles. The van der Waals surface area contributed by atoms with Gasteiger partial charge in [-0.1, -0.05) is 11.6 Å². The highest BCUT2D eigenvalue weighted by atomic mass is 35.5. The average molecular weight is 286 g/mol. The number of nitrogens with zero attached hydrogens (tertiary/aromatic N) is 3. The van der Waals surface area contributed by atoms with Gasteiger partial charge in [-0.3, -0.25) is 9.48 Å².